The Hall–Kier alpha value is -3.02. The molecule has 0 aromatic heterocycles. The lowest BCUT2D eigenvalue weighted by Crippen LogP contribution is -2.24. The molecule has 6 heteroatoms. The monoisotopic (exact) mass is 396 g/mol. The molecule has 1 N–H and O–H groups in total. The van der Waals surface area contributed by atoms with Gasteiger partial charge < -0.3 is 19.7 Å². The molecule has 0 saturated carbocycles. The maximum absolute atomic E-state index is 12.1. The van der Waals surface area contributed by atoms with Gasteiger partial charge in [-0.15, -0.1) is 0 Å². The van der Waals surface area contributed by atoms with Gasteiger partial charge in [0.15, 0.2) is 6.61 Å². The summed E-state index contributed by atoms with van der Waals surface area (Å²) < 4.78 is 10.2. The Morgan fingerprint density at radius 3 is 2.21 bits per heavy atom. The van der Waals surface area contributed by atoms with Crippen molar-refractivity contribution < 1.29 is 19.1 Å². The highest BCUT2D eigenvalue weighted by molar-refractivity contribution is 5.93. The average Bonchev–Trinajstić information content (AvgIpc) is 3.03. The Morgan fingerprint density at radius 1 is 0.931 bits per heavy atom. The smallest absolute Gasteiger partial charge is 0.310 e. The van der Waals surface area contributed by atoms with Crippen LogP contribution < -0.4 is 15.0 Å². The van der Waals surface area contributed by atoms with Gasteiger partial charge in [-0.25, -0.2) is 0 Å². The number of hydrogen-bond acceptors (Lipinski definition) is 5. The third-order valence-electron chi connectivity index (χ3n) is 4.99. The molecule has 3 rings (SSSR count). The number of nitrogens with one attached hydrogen (secondary N) is 1. The van der Waals surface area contributed by atoms with Crippen molar-refractivity contribution in [2.75, 3.05) is 37.0 Å². The zero-order valence-electron chi connectivity index (χ0n) is 16.9. The number of benzene rings is 2. The van der Waals surface area contributed by atoms with Crippen LogP contribution in [0.3, 0.4) is 0 Å². The van der Waals surface area contributed by atoms with Crippen LogP contribution in [-0.4, -0.2) is 38.7 Å². The van der Waals surface area contributed by atoms with E-state index in [1.54, 1.807) is 31.4 Å². The molecular formula is C23H28N2O4. The number of amides is 1. The average molecular weight is 396 g/mol. The summed E-state index contributed by atoms with van der Waals surface area (Å²) in [6.45, 7) is 1.86. The van der Waals surface area contributed by atoms with E-state index in [2.05, 4.69) is 10.2 Å². The van der Waals surface area contributed by atoms with E-state index in [0.717, 1.165) is 24.4 Å². The lowest BCUT2D eigenvalue weighted by atomic mass is 10.1. The minimum absolute atomic E-state index is 0.113. The molecule has 1 fully saturated rings. The lowest BCUT2D eigenvalue weighted by Gasteiger charge is -2.22. The largest absolute Gasteiger partial charge is 0.497 e. The maximum atomic E-state index is 12.1. The van der Waals surface area contributed by atoms with Crippen molar-refractivity contribution in [3.8, 4) is 5.75 Å². The van der Waals surface area contributed by atoms with E-state index in [-0.39, 0.29) is 18.9 Å². The molecule has 1 aliphatic rings. The number of anilines is 2. The second kappa shape index (κ2) is 10.5. The van der Waals surface area contributed by atoms with Gasteiger partial charge in [0, 0.05) is 24.5 Å². The third kappa shape index (κ3) is 6.52. The normalized spacial score (nSPS) is 14.0. The fourth-order valence-corrected chi connectivity index (χ4v) is 3.39. The van der Waals surface area contributed by atoms with Gasteiger partial charge in [0.1, 0.15) is 5.75 Å². The van der Waals surface area contributed by atoms with Gasteiger partial charge in [-0.05, 0) is 54.8 Å². The van der Waals surface area contributed by atoms with Crippen molar-refractivity contribution in [2.45, 2.75) is 32.1 Å². The fourth-order valence-electron chi connectivity index (χ4n) is 3.39. The Bertz CT molecular complexity index is 795. The molecular weight excluding hydrogens is 368 g/mol. The number of methoxy groups -OCH3 is 1. The fraction of sp³-hybridized carbons (Fsp3) is 0.391. The summed E-state index contributed by atoms with van der Waals surface area (Å²) in [6.07, 6.45) is 5.15. The minimum Gasteiger partial charge on any atom is -0.497 e. The number of carbonyl (C=O) groups excluding carboxylic acids is 2. The summed E-state index contributed by atoms with van der Waals surface area (Å²) >= 11 is 0. The van der Waals surface area contributed by atoms with E-state index in [4.69, 9.17) is 9.47 Å². The topological polar surface area (TPSA) is 67.9 Å². The summed E-state index contributed by atoms with van der Waals surface area (Å²) in [4.78, 5) is 26.4. The molecule has 1 amide bonds. The standard InChI is InChI=1S/C23H28N2O4/c1-28-21-12-6-18(7-13-21)16-23(27)29-17-22(26)24-19-8-10-20(11-9-19)25-14-4-2-3-5-15-25/h6-13H,2-5,14-17H2,1H3,(H,24,26). The summed E-state index contributed by atoms with van der Waals surface area (Å²) in [6, 6.07) is 15.0. The van der Waals surface area contributed by atoms with Crippen LogP contribution in [0.15, 0.2) is 48.5 Å². The Balaban J connectivity index is 1.43. The molecule has 1 aliphatic heterocycles. The maximum Gasteiger partial charge on any atom is 0.310 e. The van der Waals surface area contributed by atoms with Crippen LogP contribution in [0.2, 0.25) is 0 Å². The molecule has 1 heterocycles. The molecule has 6 nitrogen and oxygen atoms in total. The predicted octanol–water partition coefficient (Wildman–Crippen LogP) is 3.80. The van der Waals surface area contributed by atoms with Gasteiger partial charge in [0.05, 0.1) is 13.5 Å². The van der Waals surface area contributed by atoms with Gasteiger partial charge >= 0.3 is 5.97 Å². The van der Waals surface area contributed by atoms with Crippen molar-refractivity contribution in [3.05, 3.63) is 54.1 Å². The van der Waals surface area contributed by atoms with E-state index < -0.39 is 5.97 Å². The van der Waals surface area contributed by atoms with Crippen LogP contribution in [-0.2, 0) is 20.7 Å². The van der Waals surface area contributed by atoms with Gasteiger partial charge in [0.2, 0.25) is 0 Å². The molecule has 0 atom stereocenters. The number of carbonyl (C=O) groups is 2. The van der Waals surface area contributed by atoms with Crippen molar-refractivity contribution >= 4 is 23.3 Å². The van der Waals surface area contributed by atoms with Crippen LogP contribution in [0.1, 0.15) is 31.2 Å². The quantitative estimate of drug-likeness (QED) is 0.721. The molecule has 2 aromatic carbocycles. The number of rotatable bonds is 7. The van der Waals surface area contributed by atoms with Gasteiger partial charge in [-0.3, -0.25) is 9.59 Å². The van der Waals surface area contributed by atoms with E-state index >= 15 is 0 Å². The van der Waals surface area contributed by atoms with Gasteiger partial charge in [0.25, 0.3) is 5.91 Å². The van der Waals surface area contributed by atoms with Gasteiger partial charge in [-0.2, -0.15) is 0 Å². The third-order valence-corrected chi connectivity index (χ3v) is 4.99. The van der Waals surface area contributed by atoms with E-state index in [9.17, 15) is 9.59 Å². The molecule has 0 bridgehead atoms. The van der Waals surface area contributed by atoms with Crippen molar-refractivity contribution in [1.82, 2.24) is 0 Å². The summed E-state index contributed by atoms with van der Waals surface area (Å²) in [5, 5.41) is 2.77. The van der Waals surface area contributed by atoms with E-state index in [1.807, 2.05) is 24.3 Å². The molecule has 0 unspecified atom stereocenters. The molecule has 154 valence electrons. The first-order valence-corrected chi connectivity index (χ1v) is 10.1. The highest BCUT2D eigenvalue weighted by Gasteiger charge is 2.11. The second-order valence-corrected chi connectivity index (χ2v) is 7.18. The molecule has 29 heavy (non-hydrogen) atoms. The summed E-state index contributed by atoms with van der Waals surface area (Å²) in [5.41, 5.74) is 2.68. The second-order valence-electron chi connectivity index (χ2n) is 7.18. The number of nitrogens with zero attached hydrogens (tertiary/aromatic N) is 1. The molecule has 0 radical (unpaired) electrons. The van der Waals surface area contributed by atoms with Crippen LogP contribution in [0, 0.1) is 0 Å². The zero-order chi connectivity index (χ0) is 20.5. The van der Waals surface area contributed by atoms with Crippen LogP contribution in [0.5, 0.6) is 5.75 Å². The Morgan fingerprint density at radius 2 is 1.59 bits per heavy atom. The number of ether oxygens (including phenoxy) is 2. The molecule has 0 spiro atoms. The first-order chi connectivity index (χ1) is 14.1. The van der Waals surface area contributed by atoms with E-state index in [1.165, 1.54) is 31.4 Å². The summed E-state index contributed by atoms with van der Waals surface area (Å²) in [7, 11) is 1.59. The predicted molar refractivity (Wildman–Crippen MR) is 113 cm³/mol. The highest BCUT2D eigenvalue weighted by Crippen LogP contribution is 2.21. The lowest BCUT2D eigenvalue weighted by molar-refractivity contribution is -0.146. The van der Waals surface area contributed by atoms with Gasteiger partial charge in [-0.1, -0.05) is 25.0 Å². The van der Waals surface area contributed by atoms with Crippen LogP contribution in [0.25, 0.3) is 0 Å². The minimum atomic E-state index is -0.443. The molecule has 1 saturated heterocycles. The first-order valence-electron chi connectivity index (χ1n) is 10.1. The summed E-state index contributed by atoms with van der Waals surface area (Å²) in [5.74, 6) is -0.0687. The molecule has 0 aliphatic carbocycles. The first kappa shape index (κ1) is 20.7. The van der Waals surface area contributed by atoms with Crippen molar-refractivity contribution in [2.24, 2.45) is 0 Å². The van der Waals surface area contributed by atoms with Crippen LogP contribution in [0.4, 0.5) is 11.4 Å². The Labute approximate surface area is 171 Å². The number of hydrogen-bond donors (Lipinski definition) is 1. The van der Waals surface area contributed by atoms with Crippen LogP contribution >= 0.6 is 0 Å². The number of esters is 1. The SMILES string of the molecule is COc1ccc(CC(=O)OCC(=O)Nc2ccc(N3CCCCCC3)cc2)cc1. The molecule has 2 aromatic rings. The Kier molecular flexibility index (Phi) is 7.50. The van der Waals surface area contributed by atoms with E-state index in [0.29, 0.717) is 5.69 Å². The zero-order valence-corrected chi connectivity index (χ0v) is 16.9. The highest BCUT2D eigenvalue weighted by atomic mass is 16.5. The van der Waals surface area contributed by atoms with Crippen molar-refractivity contribution in [1.29, 1.82) is 0 Å². The van der Waals surface area contributed by atoms with Crippen molar-refractivity contribution in [3.63, 3.8) is 0 Å².